The summed E-state index contributed by atoms with van der Waals surface area (Å²) in [6.45, 7) is 13.0. The molecule has 0 radical (unpaired) electrons. The molecule has 122 valence electrons. The molecule has 1 atom stereocenters. The molecule has 0 saturated carbocycles. The Morgan fingerprint density at radius 3 is 2.48 bits per heavy atom. The van der Waals surface area contributed by atoms with Crippen molar-refractivity contribution >= 4 is 11.6 Å². The summed E-state index contributed by atoms with van der Waals surface area (Å²) in [6, 6.07) is 0.497. The predicted octanol–water partition coefficient (Wildman–Crippen LogP) is 3.24. The molecule has 0 fully saturated rings. The maximum absolute atomic E-state index is 6.37. The Balaban J connectivity index is 2.36. The highest BCUT2D eigenvalue weighted by molar-refractivity contribution is 6.31. The first-order valence-corrected chi connectivity index (χ1v) is 8.57. The number of halogens is 1. The van der Waals surface area contributed by atoms with Crippen LogP contribution in [0.5, 0.6) is 0 Å². The van der Waals surface area contributed by atoms with E-state index in [2.05, 4.69) is 43.0 Å². The zero-order valence-corrected chi connectivity index (χ0v) is 15.0. The molecule has 1 aromatic rings. The van der Waals surface area contributed by atoms with Crippen LogP contribution in [0.3, 0.4) is 0 Å². The number of nitrogens with zero attached hydrogens (tertiary/aromatic N) is 3. The zero-order chi connectivity index (χ0) is 15.8. The van der Waals surface area contributed by atoms with Gasteiger partial charge in [0.25, 0.3) is 0 Å². The van der Waals surface area contributed by atoms with E-state index in [1.54, 1.807) is 0 Å². The summed E-state index contributed by atoms with van der Waals surface area (Å²) in [5.74, 6) is 0. The van der Waals surface area contributed by atoms with Crippen molar-refractivity contribution in [3.8, 4) is 0 Å². The lowest BCUT2D eigenvalue weighted by Gasteiger charge is -2.19. The second kappa shape index (κ2) is 9.44. The Morgan fingerprint density at radius 1 is 1.29 bits per heavy atom. The van der Waals surface area contributed by atoms with Gasteiger partial charge < -0.3 is 10.2 Å². The molecule has 1 unspecified atom stereocenters. The first-order valence-electron chi connectivity index (χ1n) is 8.19. The molecular weight excluding hydrogens is 284 g/mol. The fourth-order valence-corrected chi connectivity index (χ4v) is 2.91. The minimum absolute atomic E-state index is 0.497. The highest BCUT2D eigenvalue weighted by Crippen LogP contribution is 2.20. The van der Waals surface area contributed by atoms with Crippen molar-refractivity contribution in [2.45, 2.75) is 59.5 Å². The number of rotatable bonds is 10. The largest absolute Gasteiger partial charge is 0.309 e. The van der Waals surface area contributed by atoms with Crippen LogP contribution in [0.4, 0.5) is 0 Å². The van der Waals surface area contributed by atoms with Crippen molar-refractivity contribution in [2.75, 3.05) is 19.6 Å². The first-order chi connectivity index (χ1) is 10.0. The van der Waals surface area contributed by atoms with Crippen LogP contribution in [-0.4, -0.2) is 40.4 Å². The highest BCUT2D eigenvalue weighted by atomic mass is 35.5. The van der Waals surface area contributed by atoms with E-state index in [4.69, 9.17) is 11.6 Å². The van der Waals surface area contributed by atoms with Gasteiger partial charge in [-0.2, -0.15) is 5.10 Å². The summed E-state index contributed by atoms with van der Waals surface area (Å²) >= 11 is 6.37. The molecule has 1 heterocycles. The molecule has 0 aliphatic heterocycles. The van der Waals surface area contributed by atoms with Crippen LogP contribution in [-0.2, 0) is 20.0 Å². The second-order valence-electron chi connectivity index (χ2n) is 5.64. The molecule has 5 heteroatoms. The van der Waals surface area contributed by atoms with Gasteiger partial charge in [-0.15, -0.1) is 0 Å². The zero-order valence-electron chi connectivity index (χ0n) is 14.2. The molecule has 0 amide bonds. The van der Waals surface area contributed by atoms with E-state index in [1.165, 1.54) is 19.4 Å². The van der Waals surface area contributed by atoms with Crippen LogP contribution in [0.15, 0.2) is 0 Å². The molecule has 21 heavy (non-hydrogen) atoms. The Labute approximate surface area is 134 Å². The van der Waals surface area contributed by atoms with Gasteiger partial charge in [-0.05, 0) is 45.8 Å². The standard InChI is InChI=1S/C16H31ClN4/c1-6-14-16(17)15(20(5)19-14)12-18-13(4)10-9-11-21(7-2)8-3/h13,18H,6-12H2,1-5H3. The summed E-state index contributed by atoms with van der Waals surface area (Å²) < 4.78 is 1.90. The van der Waals surface area contributed by atoms with E-state index in [9.17, 15) is 0 Å². The smallest absolute Gasteiger partial charge is 0.0863 e. The van der Waals surface area contributed by atoms with E-state index in [0.29, 0.717) is 6.04 Å². The SMILES string of the molecule is CCc1nn(C)c(CNC(C)CCCN(CC)CC)c1Cl. The molecule has 0 bridgehead atoms. The summed E-state index contributed by atoms with van der Waals surface area (Å²) in [6.07, 6.45) is 3.30. The van der Waals surface area contributed by atoms with Crippen molar-refractivity contribution < 1.29 is 0 Å². The van der Waals surface area contributed by atoms with Crippen molar-refractivity contribution in [3.63, 3.8) is 0 Å². The van der Waals surface area contributed by atoms with Gasteiger partial charge in [0, 0.05) is 19.6 Å². The fraction of sp³-hybridized carbons (Fsp3) is 0.812. The van der Waals surface area contributed by atoms with E-state index in [0.717, 1.165) is 42.5 Å². The van der Waals surface area contributed by atoms with Gasteiger partial charge in [0.05, 0.1) is 16.4 Å². The molecule has 0 aliphatic carbocycles. The summed E-state index contributed by atoms with van der Waals surface area (Å²) in [7, 11) is 1.97. The van der Waals surface area contributed by atoms with Crippen LogP contribution in [0.2, 0.25) is 5.02 Å². The third-order valence-corrected chi connectivity index (χ3v) is 4.56. The topological polar surface area (TPSA) is 33.1 Å². The van der Waals surface area contributed by atoms with Crippen LogP contribution in [0.1, 0.15) is 51.9 Å². The van der Waals surface area contributed by atoms with Crippen LogP contribution in [0.25, 0.3) is 0 Å². The molecule has 1 aromatic heterocycles. The van der Waals surface area contributed by atoms with Crippen LogP contribution < -0.4 is 5.32 Å². The molecule has 0 spiro atoms. The Morgan fingerprint density at radius 2 is 1.95 bits per heavy atom. The lowest BCUT2D eigenvalue weighted by molar-refractivity contribution is 0.290. The van der Waals surface area contributed by atoms with Crippen LogP contribution in [0, 0.1) is 0 Å². The molecule has 0 aromatic carbocycles. The average molecular weight is 315 g/mol. The minimum Gasteiger partial charge on any atom is -0.309 e. The molecule has 0 saturated heterocycles. The van der Waals surface area contributed by atoms with Crippen molar-refractivity contribution in [1.29, 1.82) is 0 Å². The molecule has 1 N–H and O–H groups in total. The third kappa shape index (κ3) is 5.61. The van der Waals surface area contributed by atoms with Gasteiger partial charge in [0.15, 0.2) is 0 Å². The maximum atomic E-state index is 6.37. The van der Waals surface area contributed by atoms with E-state index in [-0.39, 0.29) is 0 Å². The van der Waals surface area contributed by atoms with Crippen LogP contribution >= 0.6 is 11.6 Å². The monoisotopic (exact) mass is 314 g/mol. The minimum atomic E-state index is 0.497. The number of hydrogen-bond acceptors (Lipinski definition) is 3. The molecule has 4 nitrogen and oxygen atoms in total. The van der Waals surface area contributed by atoms with Gasteiger partial charge >= 0.3 is 0 Å². The molecular formula is C16H31ClN4. The predicted molar refractivity (Wildman–Crippen MR) is 90.9 cm³/mol. The van der Waals surface area contributed by atoms with Gasteiger partial charge in [0.1, 0.15) is 0 Å². The molecule has 0 aliphatic rings. The fourth-order valence-electron chi connectivity index (χ4n) is 2.55. The van der Waals surface area contributed by atoms with Gasteiger partial charge in [-0.25, -0.2) is 0 Å². The van der Waals surface area contributed by atoms with Gasteiger partial charge in [0.2, 0.25) is 0 Å². The second-order valence-corrected chi connectivity index (χ2v) is 6.01. The quantitative estimate of drug-likeness (QED) is 0.720. The summed E-state index contributed by atoms with van der Waals surface area (Å²) in [5.41, 5.74) is 2.08. The van der Waals surface area contributed by atoms with E-state index in [1.807, 2.05) is 11.7 Å². The van der Waals surface area contributed by atoms with Gasteiger partial charge in [-0.3, -0.25) is 4.68 Å². The van der Waals surface area contributed by atoms with Gasteiger partial charge in [-0.1, -0.05) is 32.4 Å². The summed E-state index contributed by atoms with van der Waals surface area (Å²) in [4.78, 5) is 2.47. The number of aromatic nitrogens is 2. The number of aryl methyl sites for hydroxylation is 2. The Kier molecular flexibility index (Phi) is 8.30. The normalized spacial score (nSPS) is 13.1. The molecule has 1 rings (SSSR count). The Hall–Kier alpha value is -0.580. The third-order valence-electron chi connectivity index (χ3n) is 4.13. The lowest BCUT2D eigenvalue weighted by Crippen LogP contribution is -2.29. The van der Waals surface area contributed by atoms with E-state index < -0.39 is 0 Å². The van der Waals surface area contributed by atoms with Crippen molar-refractivity contribution in [2.24, 2.45) is 7.05 Å². The Bertz CT molecular complexity index is 413. The summed E-state index contributed by atoms with van der Waals surface area (Å²) in [5, 5.41) is 8.84. The van der Waals surface area contributed by atoms with Crippen molar-refractivity contribution in [3.05, 3.63) is 16.4 Å². The average Bonchev–Trinajstić information content (AvgIpc) is 2.75. The maximum Gasteiger partial charge on any atom is 0.0863 e. The first kappa shape index (κ1) is 18.5. The highest BCUT2D eigenvalue weighted by Gasteiger charge is 2.13. The van der Waals surface area contributed by atoms with Crippen molar-refractivity contribution in [1.82, 2.24) is 20.0 Å². The number of hydrogen-bond donors (Lipinski definition) is 1. The van der Waals surface area contributed by atoms with E-state index >= 15 is 0 Å². The lowest BCUT2D eigenvalue weighted by atomic mass is 10.1. The number of nitrogens with one attached hydrogen (secondary N) is 1.